The van der Waals surface area contributed by atoms with Gasteiger partial charge in [0.15, 0.2) is 11.9 Å². The molecule has 2 aromatic rings. The Morgan fingerprint density at radius 3 is 2.35 bits per heavy atom. The number of carbonyl (C=O) groups excluding carboxylic acids is 2. The summed E-state index contributed by atoms with van der Waals surface area (Å²) >= 11 is 0. The molecular formula is C18H18N2O6. The van der Waals surface area contributed by atoms with E-state index in [4.69, 9.17) is 9.47 Å². The van der Waals surface area contributed by atoms with Gasteiger partial charge in [0, 0.05) is 18.2 Å². The smallest absolute Gasteiger partial charge is 0.314 e. The fraction of sp³-hybridized carbons (Fsp3) is 0.222. The first-order valence-corrected chi connectivity index (χ1v) is 7.72. The van der Waals surface area contributed by atoms with Gasteiger partial charge in [0.25, 0.3) is 0 Å². The van der Waals surface area contributed by atoms with Crippen molar-refractivity contribution in [2.45, 2.75) is 20.0 Å². The summed E-state index contributed by atoms with van der Waals surface area (Å²) in [5.74, 6) is -0.264. The van der Waals surface area contributed by atoms with Gasteiger partial charge in [-0.25, -0.2) is 0 Å². The molecule has 1 N–H and O–H groups in total. The molecule has 0 saturated carbocycles. The number of hydrogen-bond donors (Lipinski definition) is 1. The molecule has 0 aromatic heterocycles. The highest BCUT2D eigenvalue weighted by atomic mass is 16.6. The van der Waals surface area contributed by atoms with Crippen LogP contribution in [0.3, 0.4) is 0 Å². The van der Waals surface area contributed by atoms with E-state index in [1.54, 1.807) is 24.3 Å². The molecule has 1 unspecified atom stereocenters. The lowest BCUT2D eigenvalue weighted by atomic mass is 10.1. The van der Waals surface area contributed by atoms with E-state index in [9.17, 15) is 19.7 Å². The van der Waals surface area contributed by atoms with Crippen LogP contribution in [0, 0.1) is 10.1 Å². The van der Waals surface area contributed by atoms with Crippen molar-refractivity contribution in [1.82, 2.24) is 0 Å². The highest BCUT2D eigenvalue weighted by Crippen LogP contribution is 2.32. The normalized spacial score (nSPS) is 11.3. The quantitative estimate of drug-likeness (QED) is 0.462. The van der Waals surface area contributed by atoms with E-state index in [0.717, 1.165) is 0 Å². The largest absolute Gasteiger partial charge is 0.496 e. The Morgan fingerprint density at radius 2 is 1.81 bits per heavy atom. The van der Waals surface area contributed by atoms with Gasteiger partial charge in [0.1, 0.15) is 5.75 Å². The summed E-state index contributed by atoms with van der Waals surface area (Å²) in [6.45, 7) is 2.90. The fourth-order valence-corrected chi connectivity index (χ4v) is 2.27. The number of nitrogens with zero attached hydrogens (tertiary/aromatic N) is 1. The van der Waals surface area contributed by atoms with Gasteiger partial charge in [-0.2, -0.15) is 0 Å². The average Bonchev–Trinajstić information content (AvgIpc) is 2.61. The molecule has 2 aromatic carbocycles. The zero-order valence-electron chi connectivity index (χ0n) is 14.5. The first-order valence-electron chi connectivity index (χ1n) is 7.72. The Labute approximate surface area is 149 Å². The van der Waals surface area contributed by atoms with Crippen LogP contribution in [-0.4, -0.2) is 29.8 Å². The second-order valence-corrected chi connectivity index (χ2v) is 5.47. The molecule has 0 aliphatic rings. The van der Waals surface area contributed by atoms with Crippen molar-refractivity contribution in [3.05, 3.63) is 58.1 Å². The molecule has 0 aliphatic heterocycles. The minimum Gasteiger partial charge on any atom is -0.496 e. The third-order valence-electron chi connectivity index (χ3n) is 3.53. The molecule has 0 aliphatic carbocycles. The predicted octanol–water partition coefficient (Wildman–Crippen LogP) is 3.21. The van der Waals surface area contributed by atoms with Crippen molar-refractivity contribution in [3.63, 3.8) is 0 Å². The van der Waals surface area contributed by atoms with Crippen molar-refractivity contribution < 1.29 is 24.0 Å². The summed E-state index contributed by atoms with van der Waals surface area (Å²) in [5, 5.41) is 13.8. The minimum atomic E-state index is -0.936. The van der Waals surface area contributed by atoms with Gasteiger partial charge in [-0.15, -0.1) is 0 Å². The lowest BCUT2D eigenvalue weighted by Crippen LogP contribution is -2.24. The first kappa shape index (κ1) is 18.9. The van der Waals surface area contributed by atoms with Crippen LogP contribution in [0.4, 0.5) is 11.4 Å². The summed E-state index contributed by atoms with van der Waals surface area (Å²) in [7, 11) is 1.40. The molecule has 0 radical (unpaired) electrons. The number of Topliss-reactive ketones (excluding diaryl/α,β-unsaturated/α-hetero) is 1. The van der Waals surface area contributed by atoms with Crippen molar-refractivity contribution in [3.8, 4) is 11.5 Å². The molecule has 2 rings (SSSR count). The highest BCUT2D eigenvalue weighted by Gasteiger charge is 2.23. The average molecular weight is 358 g/mol. The Morgan fingerprint density at radius 1 is 1.15 bits per heavy atom. The molecular weight excluding hydrogens is 340 g/mol. The Hall–Kier alpha value is -3.42. The number of nitrogens with one attached hydrogen (secondary N) is 1. The zero-order chi connectivity index (χ0) is 19.3. The van der Waals surface area contributed by atoms with Gasteiger partial charge in [-0.05, 0) is 43.3 Å². The maximum Gasteiger partial charge on any atom is 0.314 e. The molecule has 0 bridgehead atoms. The third kappa shape index (κ3) is 4.56. The monoisotopic (exact) mass is 358 g/mol. The minimum absolute atomic E-state index is 0.0217. The van der Waals surface area contributed by atoms with E-state index < -0.39 is 11.0 Å². The number of methoxy groups -OCH3 is 1. The Kier molecular flexibility index (Phi) is 5.90. The van der Waals surface area contributed by atoms with E-state index in [-0.39, 0.29) is 23.1 Å². The highest BCUT2D eigenvalue weighted by molar-refractivity contribution is 6.00. The molecule has 0 saturated heterocycles. The SMILES string of the molecule is COc1ccc(OC(C)C(=O)c2ccc(NC(C)=O)cc2)c([N+](=O)[O-])c1. The van der Waals surface area contributed by atoms with Gasteiger partial charge in [-0.1, -0.05) is 0 Å². The summed E-state index contributed by atoms with van der Waals surface area (Å²) in [4.78, 5) is 34.1. The van der Waals surface area contributed by atoms with Gasteiger partial charge >= 0.3 is 5.69 Å². The van der Waals surface area contributed by atoms with Crippen LogP contribution in [-0.2, 0) is 4.79 Å². The number of anilines is 1. The van der Waals surface area contributed by atoms with Crippen molar-refractivity contribution in [2.75, 3.05) is 12.4 Å². The van der Waals surface area contributed by atoms with Gasteiger partial charge in [0.2, 0.25) is 11.7 Å². The standard InChI is InChI=1S/C18H18N2O6/c1-11(18(22)13-4-6-14(7-5-13)19-12(2)21)26-17-9-8-15(25-3)10-16(17)20(23)24/h4-11H,1-3H3,(H,19,21). The number of amides is 1. The summed E-state index contributed by atoms with van der Waals surface area (Å²) in [5.41, 5.74) is 0.640. The number of benzene rings is 2. The number of nitro benzene ring substituents is 1. The molecule has 8 heteroatoms. The van der Waals surface area contributed by atoms with Crippen molar-refractivity contribution in [2.24, 2.45) is 0 Å². The maximum atomic E-state index is 12.5. The van der Waals surface area contributed by atoms with Crippen LogP contribution < -0.4 is 14.8 Å². The number of nitro groups is 1. The van der Waals surface area contributed by atoms with Crippen molar-refractivity contribution >= 4 is 23.1 Å². The van der Waals surface area contributed by atoms with E-state index in [1.807, 2.05) is 0 Å². The summed E-state index contributed by atoms with van der Waals surface area (Å²) < 4.78 is 10.5. The molecule has 0 heterocycles. The predicted molar refractivity (Wildman–Crippen MR) is 94.8 cm³/mol. The second kappa shape index (κ2) is 8.11. The molecule has 8 nitrogen and oxygen atoms in total. The van der Waals surface area contributed by atoms with Gasteiger partial charge in [-0.3, -0.25) is 19.7 Å². The lowest BCUT2D eigenvalue weighted by molar-refractivity contribution is -0.386. The number of carbonyl (C=O) groups is 2. The zero-order valence-corrected chi connectivity index (χ0v) is 14.5. The van der Waals surface area contributed by atoms with Gasteiger partial charge < -0.3 is 14.8 Å². The Bertz CT molecular complexity index is 832. The number of ketones is 1. The van der Waals surface area contributed by atoms with Crippen LogP contribution in [0.2, 0.25) is 0 Å². The lowest BCUT2D eigenvalue weighted by Gasteiger charge is -2.14. The molecule has 136 valence electrons. The van der Waals surface area contributed by atoms with Crippen molar-refractivity contribution in [1.29, 1.82) is 0 Å². The van der Waals surface area contributed by atoms with Crippen LogP contribution in [0.25, 0.3) is 0 Å². The number of rotatable bonds is 7. The van der Waals surface area contributed by atoms with Gasteiger partial charge in [0.05, 0.1) is 18.1 Å². The molecule has 26 heavy (non-hydrogen) atoms. The van der Waals surface area contributed by atoms with Crippen LogP contribution in [0.15, 0.2) is 42.5 Å². The molecule has 0 fully saturated rings. The summed E-state index contributed by atoms with van der Waals surface area (Å²) in [6.07, 6.45) is -0.936. The first-order chi connectivity index (χ1) is 12.3. The van der Waals surface area contributed by atoms with Crippen LogP contribution >= 0.6 is 0 Å². The second-order valence-electron chi connectivity index (χ2n) is 5.47. The molecule has 1 atom stereocenters. The maximum absolute atomic E-state index is 12.5. The van der Waals surface area contributed by atoms with E-state index in [0.29, 0.717) is 17.0 Å². The Balaban J connectivity index is 2.16. The topological polar surface area (TPSA) is 108 Å². The van der Waals surface area contributed by atoms with Crippen LogP contribution in [0.5, 0.6) is 11.5 Å². The molecule has 1 amide bonds. The third-order valence-corrected chi connectivity index (χ3v) is 3.53. The van der Waals surface area contributed by atoms with E-state index in [2.05, 4.69) is 5.32 Å². The molecule has 0 spiro atoms. The summed E-state index contributed by atoms with van der Waals surface area (Å²) in [6, 6.07) is 10.4. The number of ether oxygens (including phenoxy) is 2. The van der Waals surface area contributed by atoms with E-state index in [1.165, 1.54) is 39.2 Å². The van der Waals surface area contributed by atoms with Crippen LogP contribution in [0.1, 0.15) is 24.2 Å². The fourth-order valence-electron chi connectivity index (χ4n) is 2.27. The van der Waals surface area contributed by atoms with E-state index >= 15 is 0 Å². The number of hydrogen-bond acceptors (Lipinski definition) is 6.